The van der Waals surface area contributed by atoms with E-state index in [9.17, 15) is 9.59 Å². The molecule has 25 heavy (non-hydrogen) atoms. The van der Waals surface area contributed by atoms with E-state index >= 15 is 0 Å². The molecule has 2 atom stereocenters. The summed E-state index contributed by atoms with van der Waals surface area (Å²) in [7, 11) is 1.91. The van der Waals surface area contributed by atoms with Crippen LogP contribution in [0.15, 0.2) is 24.3 Å². The number of carbonyl (C=O) groups excluding carboxylic acids is 2. The normalized spacial score (nSPS) is 17.4. The quantitative estimate of drug-likeness (QED) is 0.847. The number of ether oxygens (including phenoxy) is 1. The fourth-order valence-corrected chi connectivity index (χ4v) is 3.71. The number of aromatic nitrogens is 2. The van der Waals surface area contributed by atoms with Gasteiger partial charge in [-0.1, -0.05) is 25.0 Å². The van der Waals surface area contributed by atoms with Gasteiger partial charge >= 0.3 is 5.97 Å². The molecule has 134 valence electrons. The number of carbonyl (C=O) groups is 2. The fraction of sp³-hybridized carbons (Fsp3) is 0.526. The van der Waals surface area contributed by atoms with Gasteiger partial charge in [0, 0.05) is 14.0 Å². The monoisotopic (exact) mass is 343 g/mol. The molecule has 1 N–H and O–H groups in total. The van der Waals surface area contributed by atoms with Gasteiger partial charge in [-0.2, -0.15) is 0 Å². The lowest BCUT2D eigenvalue weighted by Gasteiger charge is -2.24. The van der Waals surface area contributed by atoms with E-state index in [0.29, 0.717) is 5.82 Å². The van der Waals surface area contributed by atoms with Gasteiger partial charge in [-0.3, -0.25) is 4.79 Å². The van der Waals surface area contributed by atoms with Crippen molar-refractivity contribution in [3.63, 3.8) is 0 Å². The smallest absolute Gasteiger partial charge is 0.329 e. The number of hydrogen-bond acceptors (Lipinski definition) is 4. The lowest BCUT2D eigenvalue weighted by Crippen LogP contribution is -2.45. The number of nitrogens with one attached hydrogen (secondary N) is 1. The van der Waals surface area contributed by atoms with Crippen LogP contribution < -0.4 is 5.32 Å². The summed E-state index contributed by atoms with van der Waals surface area (Å²) in [6, 6.07) is 7.24. The number of aryl methyl sites for hydroxylation is 1. The van der Waals surface area contributed by atoms with Crippen LogP contribution in [-0.4, -0.2) is 27.5 Å². The molecule has 3 rings (SSSR count). The van der Waals surface area contributed by atoms with Crippen LogP contribution in [0.5, 0.6) is 0 Å². The summed E-state index contributed by atoms with van der Waals surface area (Å²) in [5.41, 5.74) is 1.87. The second-order valence-corrected chi connectivity index (χ2v) is 6.82. The fourth-order valence-electron chi connectivity index (χ4n) is 3.71. The zero-order valence-corrected chi connectivity index (χ0v) is 15.0. The van der Waals surface area contributed by atoms with E-state index in [1.807, 2.05) is 42.8 Å². The Morgan fingerprint density at radius 3 is 2.60 bits per heavy atom. The maximum atomic E-state index is 12.7. The zero-order valence-electron chi connectivity index (χ0n) is 15.0. The summed E-state index contributed by atoms with van der Waals surface area (Å²) < 4.78 is 7.63. The van der Waals surface area contributed by atoms with E-state index in [1.165, 1.54) is 6.92 Å². The highest BCUT2D eigenvalue weighted by atomic mass is 16.5. The Labute approximate surface area is 147 Å². The minimum absolute atomic E-state index is 0.157. The molecule has 1 amide bonds. The van der Waals surface area contributed by atoms with Gasteiger partial charge in [0.25, 0.3) is 0 Å². The molecule has 0 spiro atoms. The number of hydrogen-bond donors (Lipinski definition) is 1. The molecule has 1 aromatic heterocycles. The van der Waals surface area contributed by atoms with Gasteiger partial charge in [-0.25, -0.2) is 9.78 Å². The molecule has 6 nitrogen and oxygen atoms in total. The lowest BCUT2D eigenvalue weighted by atomic mass is 9.98. The molecule has 1 saturated carbocycles. The predicted molar refractivity (Wildman–Crippen MR) is 94.8 cm³/mol. The molecule has 1 aliphatic carbocycles. The maximum absolute atomic E-state index is 12.7. The van der Waals surface area contributed by atoms with Crippen molar-refractivity contribution in [1.82, 2.24) is 14.9 Å². The third-order valence-electron chi connectivity index (χ3n) is 4.96. The highest BCUT2D eigenvalue weighted by Crippen LogP contribution is 2.29. The van der Waals surface area contributed by atoms with Gasteiger partial charge in [0.2, 0.25) is 5.91 Å². The van der Waals surface area contributed by atoms with Gasteiger partial charge in [-0.05, 0) is 37.8 Å². The Kier molecular flexibility index (Phi) is 5.06. The number of esters is 1. The number of fused-ring (bicyclic) bond motifs is 1. The maximum Gasteiger partial charge on any atom is 0.329 e. The number of amides is 1. The standard InChI is InChI=1S/C19H25N3O3/c1-12(18-21-15-10-6-7-11-16(15)22(18)3)25-19(24)17(20-13(2)23)14-8-4-5-9-14/h6-7,10-12,14,17H,4-5,8-9H2,1-3H3,(H,20,23)/t12-,17-/m1/s1. The molecule has 1 fully saturated rings. The van der Waals surface area contributed by atoms with Crippen LogP contribution in [0.2, 0.25) is 0 Å². The van der Waals surface area contributed by atoms with E-state index in [-0.39, 0.29) is 17.8 Å². The second kappa shape index (κ2) is 7.25. The minimum atomic E-state index is -0.572. The molecule has 1 aromatic carbocycles. The van der Waals surface area contributed by atoms with Gasteiger partial charge < -0.3 is 14.6 Å². The average molecular weight is 343 g/mol. The van der Waals surface area contributed by atoms with Crippen molar-refractivity contribution in [1.29, 1.82) is 0 Å². The molecule has 2 aromatic rings. The molecule has 0 unspecified atom stereocenters. The van der Waals surface area contributed by atoms with Crippen LogP contribution in [-0.2, 0) is 21.4 Å². The zero-order chi connectivity index (χ0) is 18.0. The van der Waals surface area contributed by atoms with E-state index < -0.39 is 12.1 Å². The van der Waals surface area contributed by atoms with Crippen molar-refractivity contribution in [2.75, 3.05) is 0 Å². The van der Waals surface area contributed by atoms with E-state index in [2.05, 4.69) is 10.3 Å². The van der Waals surface area contributed by atoms with Crippen molar-refractivity contribution in [3.8, 4) is 0 Å². The number of imidazole rings is 1. The third-order valence-corrected chi connectivity index (χ3v) is 4.96. The molecule has 0 aliphatic heterocycles. The van der Waals surface area contributed by atoms with E-state index in [1.54, 1.807) is 0 Å². The molecule has 1 heterocycles. The molecule has 0 bridgehead atoms. The lowest BCUT2D eigenvalue weighted by molar-refractivity contribution is -0.154. The largest absolute Gasteiger partial charge is 0.453 e. The highest BCUT2D eigenvalue weighted by Gasteiger charge is 2.34. The van der Waals surface area contributed by atoms with Crippen LogP contribution in [0.3, 0.4) is 0 Å². The van der Waals surface area contributed by atoms with Gasteiger partial charge in [0.05, 0.1) is 11.0 Å². The molecular weight excluding hydrogens is 318 g/mol. The Bertz CT molecular complexity index is 777. The van der Waals surface area contributed by atoms with Crippen molar-refractivity contribution in [3.05, 3.63) is 30.1 Å². The summed E-state index contributed by atoms with van der Waals surface area (Å²) in [5.74, 6) is 0.275. The third kappa shape index (κ3) is 3.67. The average Bonchev–Trinajstić information content (AvgIpc) is 3.21. The van der Waals surface area contributed by atoms with Gasteiger partial charge in [0.15, 0.2) is 11.9 Å². The number of rotatable bonds is 5. The summed E-state index contributed by atoms with van der Waals surface area (Å²) in [6.45, 7) is 3.25. The number of benzene rings is 1. The first-order chi connectivity index (χ1) is 12.0. The minimum Gasteiger partial charge on any atom is -0.453 e. The Morgan fingerprint density at radius 1 is 1.28 bits per heavy atom. The summed E-state index contributed by atoms with van der Waals surface area (Å²) in [6.07, 6.45) is 3.59. The predicted octanol–water partition coefficient (Wildman–Crippen LogP) is 2.87. The first-order valence-electron chi connectivity index (χ1n) is 8.86. The first kappa shape index (κ1) is 17.5. The van der Waals surface area contributed by atoms with Crippen LogP contribution in [0.4, 0.5) is 0 Å². The summed E-state index contributed by atoms with van der Waals surface area (Å²) in [4.78, 5) is 28.8. The van der Waals surface area contributed by atoms with Gasteiger partial charge in [-0.15, -0.1) is 0 Å². The number of nitrogens with zero attached hydrogens (tertiary/aromatic N) is 2. The van der Waals surface area contributed by atoms with E-state index in [4.69, 9.17) is 4.74 Å². The number of para-hydroxylation sites is 2. The highest BCUT2D eigenvalue weighted by molar-refractivity contribution is 5.83. The topological polar surface area (TPSA) is 73.2 Å². The van der Waals surface area contributed by atoms with Crippen LogP contribution in [0.25, 0.3) is 11.0 Å². The molecule has 0 saturated heterocycles. The first-order valence-corrected chi connectivity index (χ1v) is 8.86. The van der Waals surface area contributed by atoms with Crippen LogP contribution in [0.1, 0.15) is 51.5 Å². The Hall–Kier alpha value is -2.37. The second-order valence-electron chi connectivity index (χ2n) is 6.82. The molecule has 6 heteroatoms. The SMILES string of the molecule is CC(=O)N[C@@H](C(=O)O[C@H](C)c1nc2ccccc2n1C)C1CCCC1. The Morgan fingerprint density at radius 2 is 1.96 bits per heavy atom. The van der Waals surface area contributed by atoms with Crippen molar-refractivity contribution in [2.24, 2.45) is 13.0 Å². The van der Waals surface area contributed by atoms with Crippen LogP contribution >= 0.6 is 0 Å². The van der Waals surface area contributed by atoms with Crippen LogP contribution in [0, 0.1) is 5.92 Å². The van der Waals surface area contributed by atoms with Crippen molar-refractivity contribution < 1.29 is 14.3 Å². The van der Waals surface area contributed by atoms with Crippen molar-refractivity contribution >= 4 is 22.9 Å². The van der Waals surface area contributed by atoms with Crippen molar-refractivity contribution in [2.45, 2.75) is 51.7 Å². The summed E-state index contributed by atoms with van der Waals surface area (Å²) in [5, 5.41) is 2.78. The van der Waals surface area contributed by atoms with Gasteiger partial charge in [0.1, 0.15) is 6.04 Å². The molecule has 0 radical (unpaired) electrons. The molecule has 1 aliphatic rings. The summed E-state index contributed by atoms with van der Waals surface area (Å²) >= 11 is 0. The molecular formula is C19H25N3O3. The Balaban J connectivity index is 1.77. The van der Waals surface area contributed by atoms with E-state index in [0.717, 1.165) is 36.7 Å².